The van der Waals surface area contributed by atoms with E-state index in [4.69, 9.17) is 23.2 Å². The second-order valence-electron chi connectivity index (χ2n) is 7.58. The van der Waals surface area contributed by atoms with Crippen LogP contribution in [0.4, 0.5) is 21.0 Å². The number of urea groups is 2. The Bertz CT molecular complexity index is 774. The van der Waals surface area contributed by atoms with Crippen molar-refractivity contribution < 1.29 is 9.59 Å². The lowest BCUT2D eigenvalue weighted by molar-refractivity contribution is 0.230. The molecule has 6 nitrogen and oxygen atoms in total. The maximum atomic E-state index is 12.1. The Hall–Kier alpha value is -2.44. The van der Waals surface area contributed by atoms with Gasteiger partial charge in [0.2, 0.25) is 0 Å². The molecular weight excluding hydrogens is 423 g/mol. The van der Waals surface area contributed by atoms with E-state index in [0.717, 1.165) is 25.7 Å². The molecule has 30 heavy (non-hydrogen) atoms. The van der Waals surface area contributed by atoms with Crippen LogP contribution >= 0.6 is 23.2 Å². The molecule has 2 atom stereocenters. The molecule has 4 N–H and O–H groups in total. The molecule has 1 saturated carbocycles. The number of halogens is 2. The van der Waals surface area contributed by atoms with Gasteiger partial charge < -0.3 is 21.3 Å². The van der Waals surface area contributed by atoms with Gasteiger partial charge in [0.15, 0.2) is 0 Å². The fourth-order valence-corrected chi connectivity index (χ4v) is 3.92. The standard InChI is InChI=1S/C22H26Cl2N4O2/c23-17-4-8-19(9-5-17)27-21(29)25-13-15-2-1-3-16(12-15)14-26-22(30)28-20-10-6-18(24)7-11-20/h4-11,15-16H,1-3,12-14H2,(H2,25,27,29)(H2,26,28,30). The van der Waals surface area contributed by atoms with Gasteiger partial charge in [-0.2, -0.15) is 0 Å². The number of carbonyl (C=O) groups excluding carboxylic acids is 2. The number of nitrogens with one attached hydrogen (secondary N) is 4. The number of benzene rings is 2. The fourth-order valence-electron chi connectivity index (χ4n) is 3.66. The number of amides is 4. The van der Waals surface area contributed by atoms with E-state index >= 15 is 0 Å². The predicted molar refractivity (Wildman–Crippen MR) is 122 cm³/mol. The van der Waals surface area contributed by atoms with E-state index in [1.807, 2.05) is 0 Å². The van der Waals surface area contributed by atoms with Crippen molar-refractivity contribution in [2.75, 3.05) is 23.7 Å². The van der Waals surface area contributed by atoms with Gasteiger partial charge in [0.1, 0.15) is 0 Å². The molecule has 4 amide bonds. The van der Waals surface area contributed by atoms with E-state index in [1.165, 1.54) is 0 Å². The molecule has 0 aliphatic heterocycles. The summed E-state index contributed by atoms with van der Waals surface area (Å²) in [6, 6.07) is 13.5. The number of rotatable bonds is 6. The fraction of sp³-hybridized carbons (Fsp3) is 0.364. The zero-order valence-electron chi connectivity index (χ0n) is 16.6. The van der Waals surface area contributed by atoms with Crippen LogP contribution in [0.3, 0.4) is 0 Å². The monoisotopic (exact) mass is 448 g/mol. The maximum Gasteiger partial charge on any atom is 0.319 e. The predicted octanol–water partition coefficient (Wildman–Crippen LogP) is 5.74. The van der Waals surface area contributed by atoms with Gasteiger partial charge in [-0.05, 0) is 79.6 Å². The normalized spacial score (nSPS) is 18.3. The van der Waals surface area contributed by atoms with Crippen LogP contribution in [0.25, 0.3) is 0 Å². The molecule has 2 aromatic carbocycles. The summed E-state index contributed by atoms with van der Waals surface area (Å²) in [6.45, 7) is 1.24. The lowest BCUT2D eigenvalue weighted by Gasteiger charge is -2.29. The number of hydrogen-bond donors (Lipinski definition) is 4. The van der Waals surface area contributed by atoms with Crippen molar-refractivity contribution in [3.8, 4) is 0 Å². The zero-order chi connectivity index (χ0) is 21.3. The minimum Gasteiger partial charge on any atom is -0.338 e. The van der Waals surface area contributed by atoms with Gasteiger partial charge in [0.25, 0.3) is 0 Å². The van der Waals surface area contributed by atoms with Crippen LogP contribution in [0.2, 0.25) is 10.0 Å². The molecule has 0 heterocycles. The Labute approximate surface area is 186 Å². The summed E-state index contributed by atoms with van der Waals surface area (Å²) in [5.41, 5.74) is 1.41. The topological polar surface area (TPSA) is 82.3 Å². The highest BCUT2D eigenvalue weighted by atomic mass is 35.5. The van der Waals surface area contributed by atoms with E-state index in [1.54, 1.807) is 48.5 Å². The van der Waals surface area contributed by atoms with Crippen LogP contribution in [0.1, 0.15) is 25.7 Å². The van der Waals surface area contributed by atoms with Crippen LogP contribution < -0.4 is 21.3 Å². The van der Waals surface area contributed by atoms with Crippen molar-refractivity contribution in [1.29, 1.82) is 0 Å². The first kappa shape index (κ1) is 22.2. The third-order valence-electron chi connectivity index (χ3n) is 5.20. The van der Waals surface area contributed by atoms with E-state index in [2.05, 4.69) is 21.3 Å². The minimum absolute atomic E-state index is 0.222. The van der Waals surface area contributed by atoms with Gasteiger partial charge in [-0.25, -0.2) is 9.59 Å². The van der Waals surface area contributed by atoms with Crippen LogP contribution in [0.15, 0.2) is 48.5 Å². The van der Waals surface area contributed by atoms with Crippen molar-refractivity contribution in [2.45, 2.75) is 25.7 Å². The Morgan fingerprint density at radius 1 is 0.733 bits per heavy atom. The molecule has 2 unspecified atom stereocenters. The first-order chi connectivity index (χ1) is 14.5. The van der Waals surface area contributed by atoms with E-state index in [-0.39, 0.29) is 12.1 Å². The van der Waals surface area contributed by atoms with Crippen molar-refractivity contribution in [2.24, 2.45) is 11.8 Å². The highest BCUT2D eigenvalue weighted by molar-refractivity contribution is 6.30. The Balaban J connectivity index is 1.36. The average molecular weight is 449 g/mol. The highest BCUT2D eigenvalue weighted by Gasteiger charge is 2.23. The molecule has 0 saturated heterocycles. The summed E-state index contributed by atoms with van der Waals surface area (Å²) in [5.74, 6) is 0.807. The SMILES string of the molecule is O=C(NCC1CCCC(CNC(=O)Nc2ccc(Cl)cc2)C1)Nc1ccc(Cl)cc1. The highest BCUT2D eigenvalue weighted by Crippen LogP contribution is 2.28. The molecule has 1 aliphatic carbocycles. The summed E-state index contributed by atoms with van der Waals surface area (Å²) in [4.78, 5) is 24.2. The Kier molecular flexibility index (Phi) is 8.22. The molecule has 2 aromatic rings. The van der Waals surface area contributed by atoms with Crippen LogP contribution in [-0.2, 0) is 0 Å². The molecule has 0 radical (unpaired) electrons. The van der Waals surface area contributed by atoms with Crippen molar-refractivity contribution in [3.05, 3.63) is 58.6 Å². The van der Waals surface area contributed by atoms with Gasteiger partial charge in [-0.1, -0.05) is 29.6 Å². The van der Waals surface area contributed by atoms with Gasteiger partial charge in [0.05, 0.1) is 0 Å². The molecule has 160 valence electrons. The van der Waals surface area contributed by atoms with Crippen LogP contribution in [0, 0.1) is 11.8 Å². The summed E-state index contributed by atoms with van der Waals surface area (Å²) >= 11 is 11.7. The van der Waals surface area contributed by atoms with Crippen molar-refractivity contribution in [3.63, 3.8) is 0 Å². The zero-order valence-corrected chi connectivity index (χ0v) is 18.1. The maximum absolute atomic E-state index is 12.1. The van der Waals surface area contributed by atoms with Gasteiger partial charge in [-0.3, -0.25) is 0 Å². The molecular formula is C22H26Cl2N4O2. The first-order valence-corrected chi connectivity index (χ1v) is 10.8. The number of hydrogen-bond acceptors (Lipinski definition) is 2. The quantitative estimate of drug-likeness (QED) is 0.453. The third-order valence-corrected chi connectivity index (χ3v) is 5.70. The second kappa shape index (κ2) is 11.1. The third kappa shape index (κ3) is 7.43. The van der Waals surface area contributed by atoms with Crippen LogP contribution in [-0.4, -0.2) is 25.2 Å². The lowest BCUT2D eigenvalue weighted by atomic mass is 9.81. The number of anilines is 2. The summed E-state index contributed by atoms with van der Waals surface area (Å²) < 4.78 is 0. The summed E-state index contributed by atoms with van der Waals surface area (Å²) in [7, 11) is 0. The van der Waals surface area contributed by atoms with Gasteiger partial charge in [-0.15, -0.1) is 0 Å². The van der Waals surface area contributed by atoms with E-state index in [9.17, 15) is 9.59 Å². The van der Waals surface area contributed by atoms with Gasteiger partial charge in [0, 0.05) is 34.5 Å². The lowest BCUT2D eigenvalue weighted by Crippen LogP contribution is -2.38. The van der Waals surface area contributed by atoms with Crippen LogP contribution in [0.5, 0.6) is 0 Å². The first-order valence-electron chi connectivity index (χ1n) is 10.1. The van der Waals surface area contributed by atoms with Crippen molar-refractivity contribution >= 4 is 46.6 Å². The molecule has 1 fully saturated rings. The molecule has 0 bridgehead atoms. The smallest absolute Gasteiger partial charge is 0.319 e. The molecule has 8 heteroatoms. The second-order valence-corrected chi connectivity index (χ2v) is 8.46. The summed E-state index contributed by atoms with van der Waals surface area (Å²) in [5, 5.41) is 12.8. The van der Waals surface area contributed by atoms with E-state index < -0.39 is 0 Å². The minimum atomic E-state index is -0.222. The molecule has 1 aliphatic rings. The summed E-state index contributed by atoms with van der Waals surface area (Å²) in [6.07, 6.45) is 4.22. The van der Waals surface area contributed by atoms with Crippen molar-refractivity contribution in [1.82, 2.24) is 10.6 Å². The number of carbonyl (C=O) groups is 2. The Morgan fingerprint density at radius 3 is 1.53 bits per heavy atom. The molecule has 0 spiro atoms. The largest absolute Gasteiger partial charge is 0.338 e. The molecule has 0 aromatic heterocycles. The Morgan fingerprint density at radius 2 is 1.13 bits per heavy atom. The molecule has 3 rings (SSSR count). The van der Waals surface area contributed by atoms with Gasteiger partial charge >= 0.3 is 12.1 Å². The average Bonchev–Trinajstić information content (AvgIpc) is 2.74. The van der Waals surface area contributed by atoms with E-state index in [0.29, 0.717) is 46.3 Å².